The van der Waals surface area contributed by atoms with E-state index >= 15 is 0 Å². The summed E-state index contributed by atoms with van der Waals surface area (Å²) in [6, 6.07) is 3.85. The summed E-state index contributed by atoms with van der Waals surface area (Å²) in [5, 5.41) is 3.54. The van der Waals surface area contributed by atoms with Crippen LogP contribution in [0.4, 0.5) is 18.9 Å². The van der Waals surface area contributed by atoms with E-state index in [0.717, 1.165) is 16.0 Å². The molecular weight excluding hydrogens is 341 g/mol. The highest BCUT2D eigenvalue weighted by Crippen LogP contribution is 2.36. The predicted octanol–water partition coefficient (Wildman–Crippen LogP) is 4.84. The maximum absolute atomic E-state index is 12.8. The van der Waals surface area contributed by atoms with E-state index < -0.39 is 11.7 Å². The van der Waals surface area contributed by atoms with Crippen LogP contribution >= 0.6 is 27.3 Å². The zero-order valence-corrected chi connectivity index (χ0v) is 12.3. The number of aryl methyl sites for hydroxylation is 1. The van der Waals surface area contributed by atoms with Gasteiger partial charge in [0.2, 0.25) is 0 Å². The monoisotopic (exact) mass is 350 g/mol. The highest BCUT2D eigenvalue weighted by Gasteiger charge is 2.33. The number of aromatic nitrogens is 1. The summed E-state index contributed by atoms with van der Waals surface area (Å²) in [6.07, 6.45) is -2.67. The van der Waals surface area contributed by atoms with Crippen LogP contribution < -0.4 is 5.32 Å². The Labute approximate surface area is 120 Å². The van der Waals surface area contributed by atoms with E-state index in [1.54, 1.807) is 6.20 Å². The summed E-state index contributed by atoms with van der Waals surface area (Å²) in [5.74, 6) is 0. The summed E-state index contributed by atoms with van der Waals surface area (Å²) in [6.45, 7) is 2.18. The fourth-order valence-corrected chi connectivity index (χ4v) is 2.65. The predicted molar refractivity (Wildman–Crippen MR) is 73.3 cm³/mol. The minimum absolute atomic E-state index is 0.0507. The van der Waals surface area contributed by atoms with E-state index in [4.69, 9.17) is 0 Å². The van der Waals surface area contributed by atoms with Gasteiger partial charge in [0, 0.05) is 21.2 Å². The lowest BCUT2D eigenvalue weighted by Crippen LogP contribution is -2.10. The number of hydrogen-bond donors (Lipinski definition) is 1. The zero-order chi connectivity index (χ0) is 14.0. The molecule has 0 saturated heterocycles. The van der Waals surface area contributed by atoms with Crippen LogP contribution in [0.3, 0.4) is 0 Å². The van der Waals surface area contributed by atoms with Gasteiger partial charge in [0.15, 0.2) is 0 Å². The molecule has 0 aliphatic carbocycles. The highest BCUT2D eigenvalue weighted by atomic mass is 79.9. The molecule has 1 heterocycles. The summed E-state index contributed by atoms with van der Waals surface area (Å²) in [4.78, 5) is 5.14. The number of thiazole rings is 1. The number of alkyl halides is 3. The summed E-state index contributed by atoms with van der Waals surface area (Å²) in [7, 11) is 0. The van der Waals surface area contributed by atoms with Crippen molar-refractivity contribution in [2.45, 2.75) is 19.6 Å². The molecule has 1 N–H and O–H groups in total. The first-order valence-electron chi connectivity index (χ1n) is 5.38. The SMILES string of the molecule is Cc1cnc(CNc2cc(Br)ccc2C(F)(F)F)s1. The fourth-order valence-electron chi connectivity index (χ4n) is 1.56. The molecule has 0 aliphatic heterocycles. The number of rotatable bonds is 3. The molecule has 0 spiro atoms. The Kier molecular flexibility index (Phi) is 4.15. The molecule has 0 unspecified atom stereocenters. The molecule has 1 aromatic heterocycles. The van der Waals surface area contributed by atoms with Crippen LogP contribution in [0.1, 0.15) is 15.4 Å². The summed E-state index contributed by atoms with van der Waals surface area (Å²) < 4.78 is 39.1. The molecular formula is C12H10BrF3N2S. The number of anilines is 1. The second-order valence-corrected chi connectivity index (χ2v) is 6.14. The second kappa shape index (κ2) is 5.50. The van der Waals surface area contributed by atoms with Gasteiger partial charge in [-0.05, 0) is 25.1 Å². The van der Waals surface area contributed by atoms with Crippen LogP contribution in [0.25, 0.3) is 0 Å². The first-order valence-corrected chi connectivity index (χ1v) is 6.99. The number of hydrogen-bond acceptors (Lipinski definition) is 3. The van der Waals surface area contributed by atoms with Crippen LogP contribution in [0, 0.1) is 6.92 Å². The Bertz CT molecular complexity index is 581. The molecule has 7 heteroatoms. The lowest BCUT2D eigenvalue weighted by Gasteiger charge is -2.14. The van der Waals surface area contributed by atoms with E-state index in [2.05, 4.69) is 26.2 Å². The number of nitrogens with zero attached hydrogens (tertiary/aromatic N) is 1. The van der Waals surface area contributed by atoms with Gasteiger partial charge in [0.1, 0.15) is 5.01 Å². The van der Waals surface area contributed by atoms with E-state index in [1.807, 2.05) is 6.92 Å². The first-order chi connectivity index (χ1) is 8.86. The molecule has 0 aliphatic rings. The molecule has 102 valence electrons. The third-order valence-corrected chi connectivity index (χ3v) is 3.79. The van der Waals surface area contributed by atoms with Crippen LogP contribution in [0.15, 0.2) is 28.9 Å². The Morgan fingerprint density at radius 3 is 2.68 bits per heavy atom. The molecule has 0 amide bonds. The van der Waals surface area contributed by atoms with Crippen LogP contribution in [-0.4, -0.2) is 4.98 Å². The van der Waals surface area contributed by atoms with E-state index in [-0.39, 0.29) is 12.2 Å². The average molecular weight is 351 g/mol. The first kappa shape index (κ1) is 14.3. The van der Waals surface area contributed by atoms with Gasteiger partial charge in [0.05, 0.1) is 12.1 Å². The van der Waals surface area contributed by atoms with Crippen molar-refractivity contribution >= 4 is 33.0 Å². The molecule has 1 aromatic carbocycles. The Hall–Kier alpha value is -1.08. The normalized spacial score (nSPS) is 11.6. The standard InChI is InChI=1S/C12H10BrF3N2S/c1-7-5-18-11(19-7)6-17-10-4-8(13)2-3-9(10)12(14,15)16/h2-5,17H,6H2,1H3. The molecule has 2 nitrogen and oxygen atoms in total. The molecule has 19 heavy (non-hydrogen) atoms. The Balaban J connectivity index is 2.21. The zero-order valence-electron chi connectivity index (χ0n) is 9.88. The van der Waals surface area contributed by atoms with Crippen molar-refractivity contribution in [2.75, 3.05) is 5.32 Å². The van der Waals surface area contributed by atoms with E-state index in [0.29, 0.717) is 4.47 Å². The number of benzene rings is 1. The quantitative estimate of drug-likeness (QED) is 0.856. The van der Waals surface area contributed by atoms with Gasteiger partial charge in [-0.1, -0.05) is 15.9 Å². The van der Waals surface area contributed by atoms with Crippen molar-refractivity contribution in [3.05, 3.63) is 44.3 Å². The third-order valence-electron chi connectivity index (χ3n) is 2.39. The van der Waals surface area contributed by atoms with Gasteiger partial charge in [0.25, 0.3) is 0 Å². The topological polar surface area (TPSA) is 24.9 Å². The van der Waals surface area contributed by atoms with Crippen LogP contribution in [-0.2, 0) is 12.7 Å². The van der Waals surface area contributed by atoms with Crippen molar-refractivity contribution in [1.82, 2.24) is 4.98 Å². The molecule has 0 atom stereocenters. The van der Waals surface area contributed by atoms with E-state index in [1.165, 1.54) is 23.5 Å². The fraction of sp³-hybridized carbons (Fsp3) is 0.250. The highest BCUT2D eigenvalue weighted by molar-refractivity contribution is 9.10. The van der Waals surface area contributed by atoms with Crippen molar-refractivity contribution in [1.29, 1.82) is 0 Å². The largest absolute Gasteiger partial charge is 0.418 e. The Morgan fingerprint density at radius 2 is 2.11 bits per heavy atom. The van der Waals surface area contributed by atoms with Crippen molar-refractivity contribution in [3.8, 4) is 0 Å². The maximum atomic E-state index is 12.8. The van der Waals surface area contributed by atoms with Gasteiger partial charge in [-0.2, -0.15) is 13.2 Å². The molecule has 0 fully saturated rings. The van der Waals surface area contributed by atoms with Gasteiger partial charge in [-0.25, -0.2) is 4.98 Å². The van der Waals surface area contributed by atoms with Gasteiger partial charge in [-0.3, -0.25) is 0 Å². The number of halogens is 4. The third kappa shape index (κ3) is 3.70. The lowest BCUT2D eigenvalue weighted by atomic mass is 10.1. The molecule has 0 radical (unpaired) electrons. The van der Waals surface area contributed by atoms with Gasteiger partial charge in [-0.15, -0.1) is 11.3 Å². The summed E-state index contributed by atoms with van der Waals surface area (Å²) >= 11 is 4.63. The lowest BCUT2D eigenvalue weighted by molar-refractivity contribution is -0.137. The number of nitrogens with one attached hydrogen (secondary N) is 1. The Morgan fingerprint density at radius 1 is 1.37 bits per heavy atom. The molecule has 0 saturated carbocycles. The van der Waals surface area contributed by atoms with Gasteiger partial charge < -0.3 is 5.32 Å². The summed E-state index contributed by atoms with van der Waals surface area (Å²) in [5.41, 5.74) is -0.626. The van der Waals surface area contributed by atoms with Gasteiger partial charge >= 0.3 is 6.18 Å². The molecule has 2 rings (SSSR count). The average Bonchev–Trinajstić information content (AvgIpc) is 2.71. The maximum Gasteiger partial charge on any atom is 0.418 e. The van der Waals surface area contributed by atoms with Crippen LogP contribution in [0.2, 0.25) is 0 Å². The van der Waals surface area contributed by atoms with Crippen molar-refractivity contribution < 1.29 is 13.2 Å². The minimum Gasteiger partial charge on any atom is -0.378 e. The van der Waals surface area contributed by atoms with Crippen molar-refractivity contribution in [3.63, 3.8) is 0 Å². The van der Waals surface area contributed by atoms with Crippen LogP contribution in [0.5, 0.6) is 0 Å². The molecule has 0 bridgehead atoms. The minimum atomic E-state index is -4.37. The van der Waals surface area contributed by atoms with E-state index in [9.17, 15) is 13.2 Å². The smallest absolute Gasteiger partial charge is 0.378 e. The molecule has 2 aromatic rings. The van der Waals surface area contributed by atoms with Crippen molar-refractivity contribution in [2.24, 2.45) is 0 Å². The second-order valence-electron chi connectivity index (χ2n) is 3.91.